The lowest BCUT2D eigenvalue weighted by Gasteiger charge is -2.07. The first-order valence-corrected chi connectivity index (χ1v) is 5.17. The second-order valence-electron chi connectivity index (χ2n) is 3.41. The zero-order chi connectivity index (χ0) is 12.4. The molecule has 0 N–H and O–H groups in total. The van der Waals surface area contributed by atoms with Crippen LogP contribution in [0.3, 0.4) is 0 Å². The molecule has 0 aliphatic rings. The molecule has 0 aliphatic carbocycles. The predicted molar refractivity (Wildman–Crippen MR) is 59.2 cm³/mol. The Balaban J connectivity index is 2.65. The number of hydrogen-bond donors (Lipinski definition) is 0. The molecule has 0 saturated heterocycles. The largest absolute Gasteiger partial charge is 0.618 e. The van der Waals surface area contributed by atoms with E-state index < -0.39 is 5.97 Å². The summed E-state index contributed by atoms with van der Waals surface area (Å²) < 4.78 is 5.47. The third kappa shape index (κ3) is 1.89. The van der Waals surface area contributed by atoms with Gasteiger partial charge in [0, 0.05) is 19.2 Å². The minimum absolute atomic E-state index is 0.00745. The third-order valence-corrected chi connectivity index (χ3v) is 2.32. The molecule has 0 aromatic carbocycles. The van der Waals surface area contributed by atoms with Gasteiger partial charge >= 0.3 is 5.97 Å². The molecule has 2 aromatic rings. The zero-order valence-corrected chi connectivity index (χ0v) is 9.51. The Labute approximate surface area is 97.5 Å². The predicted octanol–water partition coefficient (Wildman–Crippen LogP) is 0.748. The molecule has 0 unspecified atom stereocenters. The lowest BCUT2D eigenvalue weighted by Crippen LogP contribution is -2.34. The molecule has 0 aliphatic heterocycles. The fourth-order valence-electron chi connectivity index (χ4n) is 1.49. The van der Waals surface area contributed by atoms with Crippen molar-refractivity contribution in [3.8, 4) is 0 Å². The van der Waals surface area contributed by atoms with E-state index in [4.69, 9.17) is 4.74 Å². The SMILES string of the molecule is CCOC(=O)c1nc2ncccc2[n+]([O-])c1C. The van der Waals surface area contributed by atoms with Crippen LogP contribution in [0.1, 0.15) is 23.1 Å². The number of nitrogens with zero attached hydrogens (tertiary/aromatic N) is 3. The number of aromatic nitrogens is 3. The van der Waals surface area contributed by atoms with Crippen molar-refractivity contribution in [2.45, 2.75) is 13.8 Å². The second kappa shape index (κ2) is 4.32. The zero-order valence-electron chi connectivity index (χ0n) is 9.51. The van der Waals surface area contributed by atoms with E-state index in [1.807, 2.05) is 0 Å². The highest BCUT2D eigenvalue weighted by Crippen LogP contribution is 2.09. The Morgan fingerprint density at radius 2 is 2.35 bits per heavy atom. The van der Waals surface area contributed by atoms with Crippen LogP contribution in [0.25, 0.3) is 11.2 Å². The average Bonchev–Trinajstić information content (AvgIpc) is 2.34. The Bertz CT molecular complexity index is 583. The summed E-state index contributed by atoms with van der Waals surface area (Å²) in [6.07, 6.45) is 1.51. The number of carbonyl (C=O) groups excluding carboxylic acids is 1. The van der Waals surface area contributed by atoms with Crippen LogP contribution >= 0.6 is 0 Å². The molecule has 17 heavy (non-hydrogen) atoms. The summed E-state index contributed by atoms with van der Waals surface area (Å²) >= 11 is 0. The number of esters is 1. The van der Waals surface area contributed by atoms with Crippen LogP contribution in [0.15, 0.2) is 18.3 Å². The minimum Gasteiger partial charge on any atom is -0.618 e. The maximum absolute atomic E-state index is 11.9. The molecule has 6 heteroatoms. The van der Waals surface area contributed by atoms with Crippen molar-refractivity contribution >= 4 is 17.1 Å². The van der Waals surface area contributed by atoms with E-state index in [1.165, 1.54) is 13.1 Å². The van der Waals surface area contributed by atoms with Crippen molar-refractivity contribution in [3.63, 3.8) is 0 Å². The van der Waals surface area contributed by atoms with Crippen molar-refractivity contribution < 1.29 is 14.3 Å². The summed E-state index contributed by atoms with van der Waals surface area (Å²) in [4.78, 5) is 19.6. The van der Waals surface area contributed by atoms with Gasteiger partial charge in [-0.05, 0) is 13.0 Å². The maximum Gasteiger partial charge on any atom is 0.363 e. The fraction of sp³-hybridized carbons (Fsp3) is 0.273. The highest BCUT2D eigenvalue weighted by atomic mass is 16.5. The highest BCUT2D eigenvalue weighted by Gasteiger charge is 2.22. The molecule has 0 spiro atoms. The highest BCUT2D eigenvalue weighted by molar-refractivity contribution is 5.89. The monoisotopic (exact) mass is 233 g/mol. The van der Waals surface area contributed by atoms with E-state index in [0.717, 1.165) is 0 Å². The molecular weight excluding hydrogens is 222 g/mol. The van der Waals surface area contributed by atoms with Crippen LogP contribution in [0.4, 0.5) is 0 Å². The lowest BCUT2D eigenvalue weighted by atomic mass is 10.3. The second-order valence-corrected chi connectivity index (χ2v) is 3.41. The lowest BCUT2D eigenvalue weighted by molar-refractivity contribution is -0.584. The van der Waals surface area contributed by atoms with Crippen molar-refractivity contribution in [3.05, 3.63) is 34.9 Å². The smallest absolute Gasteiger partial charge is 0.363 e. The summed E-state index contributed by atoms with van der Waals surface area (Å²) in [7, 11) is 0. The van der Waals surface area contributed by atoms with Crippen LogP contribution in [0, 0.1) is 12.1 Å². The van der Waals surface area contributed by atoms with Gasteiger partial charge in [0.1, 0.15) is 0 Å². The van der Waals surface area contributed by atoms with Crippen LogP contribution in [0.2, 0.25) is 0 Å². The van der Waals surface area contributed by atoms with E-state index in [-0.39, 0.29) is 23.6 Å². The number of fused-ring (bicyclic) bond motifs is 1. The van der Waals surface area contributed by atoms with Gasteiger partial charge in [-0.25, -0.2) is 14.8 Å². The van der Waals surface area contributed by atoms with E-state index in [1.54, 1.807) is 19.1 Å². The number of pyridine rings is 1. The number of rotatable bonds is 2. The van der Waals surface area contributed by atoms with Crippen LogP contribution < -0.4 is 4.73 Å². The first-order chi connectivity index (χ1) is 8.15. The molecule has 88 valence electrons. The van der Waals surface area contributed by atoms with Gasteiger partial charge in [0.05, 0.1) is 6.61 Å². The number of ether oxygens (including phenoxy) is 1. The van der Waals surface area contributed by atoms with E-state index in [9.17, 15) is 10.0 Å². The molecule has 0 fully saturated rings. The Morgan fingerprint density at radius 1 is 1.59 bits per heavy atom. The minimum atomic E-state index is -0.609. The number of carbonyl (C=O) groups is 1. The van der Waals surface area contributed by atoms with Gasteiger partial charge in [-0.3, -0.25) is 0 Å². The molecule has 2 heterocycles. The fourth-order valence-corrected chi connectivity index (χ4v) is 1.49. The third-order valence-electron chi connectivity index (χ3n) is 2.32. The normalized spacial score (nSPS) is 10.5. The van der Waals surface area contributed by atoms with Gasteiger partial charge in [0.25, 0.3) is 5.52 Å². The molecule has 0 bridgehead atoms. The Hall–Kier alpha value is -2.24. The summed E-state index contributed by atoms with van der Waals surface area (Å²) in [5.41, 5.74) is 0.784. The molecule has 0 atom stereocenters. The van der Waals surface area contributed by atoms with Gasteiger partial charge in [0.2, 0.25) is 17.0 Å². The molecule has 0 saturated carbocycles. The topological polar surface area (TPSA) is 79.0 Å². The molecule has 0 radical (unpaired) electrons. The van der Waals surface area contributed by atoms with Gasteiger partial charge < -0.3 is 9.94 Å². The average molecular weight is 233 g/mol. The molecular formula is C11H11N3O3. The quantitative estimate of drug-likeness (QED) is 0.434. The summed E-state index contributed by atoms with van der Waals surface area (Å²) in [5, 5.41) is 11.9. The van der Waals surface area contributed by atoms with Gasteiger partial charge in [0.15, 0.2) is 0 Å². The molecule has 2 aromatic heterocycles. The maximum atomic E-state index is 11.9. The van der Waals surface area contributed by atoms with Crippen LogP contribution in [0.5, 0.6) is 0 Å². The molecule has 0 amide bonds. The van der Waals surface area contributed by atoms with E-state index >= 15 is 0 Å². The van der Waals surface area contributed by atoms with Crippen molar-refractivity contribution in [2.24, 2.45) is 0 Å². The van der Waals surface area contributed by atoms with Crippen molar-refractivity contribution in [2.75, 3.05) is 6.61 Å². The van der Waals surface area contributed by atoms with Crippen LogP contribution in [-0.2, 0) is 4.74 Å². The molecule has 2 rings (SSSR count). The Kier molecular flexibility index (Phi) is 2.86. The summed E-state index contributed by atoms with van der Waals surface area (Å²) in [6, 6.07) is 3.24. The molecule has 6 nitrogen and oxygen atoms in total. The van der Waals surface area contributed by atoms with Gasteiger partial charge in [-0.15, -0.1) is 0 Å². The van der Waals surface area contributed by atoms with Crippen molar-refractivity contribution in [1.82, 2.24) is 9.97 Å². The summed E-state index contributed by atoms with van der Waals surface area (Å²) in [6.45, 7) is 3.45. The first kappa shape index (κ1) is 11.3. The van der Waals surface area contributed by atoms with Crippen LogP contribution in [-0.4, -0.2) is 22.5 Å². The van der Waals surface area contributed by atoms with Gasteiger partial charge in [-0.1, -0.05) is 0 Å². The van der Waals surface area contributed by atoms with E-state index in [2.05, 4.69) is 9.97 Å². The Morgan fingerprint density at radius 3 is 3.06 bits per heavy atom. The van der Waals surface area contributed by atoms with Gasteiger partial charge in [-0.2, -0.15) is 4.73 Å². The van der Waals surface area contributed by atoms with Crippen molar-refractivity contribution in [1.29, 1.82) is 0 Å². The number of hydrogen-bond acceptors (Lipinski definition) is 5. The standard InChI is InChI=1S/C11H11N3O3/c1-3-17-11(15)9-7(2)14(16)8-5-4-6-12-10(8)13-9/h4-6H,3H2,1-2H3. The first-order valence-electron chi connectivity index (χ1n) is 5.17. The summed E-state index contributed by atoms with van der Waals surface area (Å²) in [5.74, 6) is -0.609. The van der Waals surface area contributed by atoms with E-state index in [0.29, 0.717) is 10.2 Å².